The van der Waals surface area contributed by atoms with E-state index in [1.165, 1.54) is 37.0 Å². The van der Waals surface area contributed by atoms with Crippen LogP contribution in [0.2, 0.25) is 0 Å². The van der Waals surface area contributed by atoms with Crippen molar-refractivity contribution in [3.05, 3.63) is 0 Å². The number of hydrogen-bond donors (Lipinski definition) is 0. The molecule has 0 amide bonds. The van der Waals surface area contributed by atoms with Crippen molar-refractivity contribution >= 4 is 5.97 Å². The van der Waals surface area contributed by atoms with Crippen LogP contribution in [0.5, 0.6) is 0 Å². The molecule has 6 heteroatoms. The number of carboxylic acids is 1. The van der Waals surface area contributed by atoms with Crippen LogP contribution in [0.1, 0.15) is 26.2 Å². The standard InChI is InChI=1S/C8H18NO.C7H14O4/c1-9(7-8-10-2)5-3-4-6-9;1-2-10-5-6-11-4-3-7(8)9/h3-8H2,1-2H3;2-6H2,1H3,(H,8,9)/q+1;/p-1. The lowest BCUT2D eigenvalue weighted by molar-refractivity contribution is -0.897. The third-order valence-electron chi connectivity index (χ3n) is 3.51. The molecule has 21 heavy (non-hydrogen) atoms. The van der Waals surface area contributed by atoms with Gasteiger partial charge in [-0.25, -0.2) is 0 Å². The molecule has 126 valence electrons. The smallest absolute Gasteiger partial charge is 0.102 e. The van der Waals surface area contributed by atoms with Crippen LogP contribution in [-0.4, -0.2) is 77.3 Å². The Morgan fingerprint density at radius 1 is 1.10 bits per heavy atom. The van der Waals surface area contributed by atoms with Gasteiger partial charge in [0, 0.05) is 38.9 Å². The summed E-state index contributed by atoms with van der Waals surface area (Å²) in [5.41, 5.74) is 0. The highest BCUT2D eigenvalue weighted by molar-refractivity contribution is 5.64. The number of likely N-dealkylation sites (N-methyl/N-ethyl adjacent to an activating group) is 1. The number of aliphatic carboxylic acids is 1. The highest BCUT2D eigenvalue weighted by Crippen LogP contribution is 2.15. The first-order valence-electron chi connectivity index (χ1n) is 7.72. The predicted molar refractivity (Wildman–Crippen MR) is 78.8 cm³/mol. The molecule has 1 aliphatic rings. The van der Waals surface area contributed by atoms with Crippen molar-refractivity contribution in [1.82, 2.24) is 0 Å². The first kappa shape index (κ1) is 20.3. The van der Waals surface area contributed by atoms with E-state index in [0.29, 0.717) is 19.8 Å². The van der Waals surface area contributed by atoms with E-state index in [1.807, 2.05) is 6.92 Å². The molecule has 0 N–H and O–H groups in total. The van der Waals surface area contributed by atoms with Crippen molar-refractivity contribution in [3.63, 3.8) is 0 Å². The van der Waals surface area contributed by atoms with Gasteiger partial charge in [0.25, 0.3) is 0 Å². The van der Waals surface area contributed by atoms with E-state index in [-0.39, 0.29) is 13.0 Å². The number of quaternary nitrogens is 1. The number of carbonyl (C=O) groups excluding carboxylic acids is 1. The lowest BCUT2D eigenvalue weighted by atomic mass is 10.4. The fourth-order valence-corrected chi connectivity index (χ4v) is 2.15. The first-order valence-corrected chi connectivity index (χ1v) is 7.72. The number of carboxylic acid groups (broad SMARTS) is 1. The fraction of sp³-hybridized carbons (Fsp3) is 0.933. The zero-order valence-electron chi connectivity index (χ0n) is 13.8. The van der Waals surface area contributed by atoms with Crippen LogP contribution >= 0.6 is 0 Å². The minimum absolute atomic E-state index is 0.0495. The van der Waals surface area contributed by atoms with Crippen LogP contribution < -0.4 is 5.11 Å². The van der Waals surface area contributed by atoms with Gasteiger partial charge in [-0.1, -0.05) is 0 Å². The van der Waals surface area contributed by atoms with Gasteiger partial charge in [0.15, 0.2) is 0 Å². The Balaban J connectivity index is 0.000000382. The average molecular weight is 305 g/mol. The molecule has 1 saturated heterocycles. The van der Waals surface area contributed by atoms with Gasteiger partial charge in [-0.05, 0) is 6.92 Å². The maximum absolute atomic E-state index is 9.87. The molecule has 0 spiro atoms. The van der Waals surface area contributed by atoms with Crippen molar-refractivity contribution < 1.29 is 28.6 Å². The second-order valence-electron chi connectivity index (χ2n) is 5.42. The Morgan fingerprint density at radius 2 is 1.71 bits per heavy atom. The van der Waals surface area contributed by atoms with Gasteiger partial charge in [-0.2, -0.15) is 0 Å². The summed E-state index contributed by atoms with van der Waals surface area (Å²) in [4.78, 5) is 9.87. The Hall–Kier alpha value is -0.690. The van der Waals surface area contributed by atoms with Crippen LogP contribution in [0.25, 0.3) is 0 Å². The van der Waals surface area contributed by atoms with Crippen LogP contribution in [0, 0.1) is 0 Å². The molecule has 0 aromatic rings. The van der Waals surface area contributed by atoms with E-state index in [1.54, 1.807) is 7.11 Å². The van der Waals surface area contributed by atoms with Crippen molar-refractivity contribution in [2.45, 2.75) is 26.2 Å². The number of methoxy groups -OCH3 is 1. The van der Waals surface area contributed by atoms with Crippen molar-refractivity contribution in [3.8, 4) is 0 Å². The van der Waals surface area contributed by atoms with E-state index in [2.05, 4.69) is 7.05 Å². The molecule has 0 aromatic heterocycles. The third-order valence-corrected chi connectivity index (χ3v) is 3.51. The minimum Gasteiger partial charge on any atom is -0.550 e. The van der Waals surface area contributed by atoms with Gasteiger partial charge < -0.3 is 28.6 Å². The molecule has 0 bridgehead atoms. The summed E-state index contributed by atoms with van der Waals surface area (Å²) in [5, 5.41) is 9.87. The largest absolute Gasteiger partial charge is 0.550 e. The topological polar surface area (TPSA) is 67.8 Å². The molecule has 0 aliphatic carbocycles. The van der Waals surface area contributed by atoms with Gasteiger partial charge >= 0.3 is 0 Å². The Labute approximate surface area is 128 Å². The van der Waals surface area contributed by atoms with Gasteiger partial charge in [0.2, 0.25) is 0 Å². The SMILES string of the molecule is CCOCCOCCC(=O)[O-].COCC[N+]1(C)CCCC1. The fourth-order valence-electron chi connectivity index (χ4n) is 2.15. The molecule has 0 unspecified atom stereocenters. The highest BCUT2D eigenvalue weighted by Gasteiger charge is 2.25. The molecule has 1 heterocycles. The van der Waals surface area contributed by atoms with Crippen molar-refractivity contribution in [1.29, 1.82) is 0 Å². The molecule has 0 aromatic carbocycles. The van der Waals surface area contributed by atoms with E-state index in [4.69, 9.17) is 14.2 Å². The average Bonchev–Trinajstić information content (AvgIpc) is 2.88. The summed E-state index contributed by atoms with van der Waals surface area (Å²) < 4.78 is 16.1. The number of hydrogen-bond acceptors (Lipinski definition) is 5. The van der Waals surface area contributed by atoms with Gasteiger partial charge in [0.1, 0.15) is 6.54 Å². The lowest BCUT2D eigenvalue weighted by Gasteiger charge is -2.28. The summed E-state index contributed by atoms with van der Waals surface area (Å²) in [6.45, 7) is 8.52. The Kier molecular flexibility index (Phi) is 12.6. The quantitative estimate of drug-likeness (QED) is 0.421. The zero-order valence-corrected chi connectivity index (χ0v) is 13.8. The molecule has 0 saturated carbocycles. The summed E-state index contributed by atoms with van der Waals surface area (Å²) in [5.74, 6) is -1.08. The second-order valence-corrected chi connectivity index (χ2v) is 5.42. The summed E-state index contributed by atoms with van der Waals surface area (Å²) in [7, 11) is 4.11. The minimum atomic E-state index is -1.08. The molecule has 1 fully saturated rings. The summed E-state index contributed by atoms with van der Waals surface area (Å²) >= 11 is 0. The van der Waals surface area contributed by atoms with E-state index in [0.717, 1.165) is 6.61 Å². The van der Waals surface area contributed by atoms with Crippen LogP contribution in [0.3, 0.4) is 0 Å². The molecule has 1 rings (SSSR count). The van der Waals surface area contributed by atoms with E-state index >= 15 is 0 Å². The van der Waals surface area contributed by atoms with Gasteiger partial charge in [0.05, 0.1) is 46.6 Å². The zero-order chi connectivity index (χ0) is 16.0. The van der Waals surface area contributed by atoms with Crippen molar-refractivity contribution in [2.75, 3.05) is 66.8 Å². The summed E-state index contributed by atoms with van der Waals surface area (Å²) in [6.07, 6.45) is 2.76. The molecular weight excluding hydrogens is 274 g/mol. The van der Waals surface area contributed by atoms with Crippen LogP contribution in [-0.2, 0) is 19.0 Å². The van der Waals surface area contributed by atoms with E-state index < -0.39 is 5.97 Å². The molecule has 1 aliphatic heterocycles. The lowest BCUT2D eigenvalue weighted by Crippen LogP contribution is -2.43. The number of ether oxygens (including phenoxy) is 3. The number of rotatable bonds is 10. The van der Waals surface area contributed by atoms with E-state index in [9.17, 15) is 9.90 Å². The maximum atomic E-state index is 9.87. The first-order chi connectivity index (χ1) is 10.0. The number of likely N-dealkylation sites (tertiary alicyclic amines) is 1. The monoisotopic (exact) mass is 305 g/mol. The Bertz CT molecular complexity index is 254. The van der Waals surface area contributed by atoms with Crippen LogP contribution in [0.15, 0.2) is 0 Å². The van der Waals surface area contributed by atoms with Crippen LogP contribution in [0.4, 0.5) is 0 Å². The highest BCUT2D eigenvalue weighted by atomic mass is 16.5. The second kappa shape index (κ2) is 13.0. The van der Waals surface area contributed by atoms with Crippen molar-refractivity contribution in [2.24, 2.45) is 0 Å². The number of carbonyl (C=O) groups is 1. The third kappa shape index (κ3) is 12.7. The Morgan fingerprint density at radius 3 is 2.24 bits per heavy atom. The maximum Gasteiger partial charge on any atom is 0.102 e. The summed E-state index contributed by atoms with van der Waals surface area (Å²) in [6, 6.07) is 0. The predicted octanol–water partition coefficient (Wildman–Crippen LogP) is 0.0527. The molecular formula is C15H31NO5. The molecule has 6 nitrogen and oxygen atoms in total. The van der Waals surface area contributed by atoms with Gasteiger partial charge in [-0.15, -0.1) is 0 Å². The molecule has 0 radical (unpaired) electrons. The normalized spacial score (nSPS) is 16.3. The number of nitrogens with zero attached hydrogens (tertiary/aromatic N) is 1. The van der Waals surface area contributed by atoms with Gasteiger partial charge in [-0.3, -0.25) is 0 Å². The molecule has 0 atom stereocenters.